The second-order valence-corrected chi connectivity index (χ2v) is 5.68. The van der Waals surface area contributed by atoms with Gasteiger partial charge in [-0.25, -0.2) is 9.37 Å². The van der Waals surface area contributed by atoms with Gasteiger partial charge in [0.25, 0.3) is 0 Å². The number of hydrogen-bond donors (Lipinski definition) is 1. The van der Waals surface area contributed by atoms with Crippen LogP contribution in [0.4, 0.5) is 0 Å². The summed E-state index contributed by atoms with van der Waals surface area (Å²) in [4.78, 5) is 3.01. The normalized spacial score (nSPS) is 12.0. The zero-order valence-corrected chi connectivity index (χ0v) is 11.8. The van der Waals surface area contributed by atoms with Crippen molar-refractivity contribution in [1.29, 1.82) is 0 Å². The van der Waals surface area contributed by atoms with Gasteiger partial charge in [0.05, 0.1) is 0 Å². The van der Waals surface area contributed by atoms with E-state index in [9.17, 15) is 0 Å². The second kappa shape index (κ2) is 7.25. The highest BCUT2D eigenvalue weighted by molar-refractivity contribution is 7.46. The largest absolute Gasteiger partial charge is 0.460 e. The molecule has 82 valence electrons. The quantitative estimate of drug-likeness (QED) is 0.638. The lowest BCUT2D eigenvalue weighted by atomic mass is 10.0. The lowest BCUT2D eigenvalue weighted by Gasteiger charge is -2.07. The average molecular weight is 260 g/mol. The van der Waals surface area contributed by atoms with Gasteiger partial charge in [-0.2, -0.15) is 0 Å². The first kappa shape index (κ1) is 13.0. The minimum Gasteiger partial charge on any atom is -0.460 e. The second-order valence-electron chi connectivity index (χ2n) is 3.26. The van der Waals surface area contributed by atoms with E-state index in [-0.39, 0.29) is 8.96 Å². The first-order valence-corrected chi connectivity index (χ1v) is 6.88. The number of rotatable bonds is 5. The number of nitrogens with one attached hydrogen (secondary N) is 1. The monoisotopic (exact) mass is 260 g/mol. The van der Waals surface area contributed by atoms with Gasteiger partial charge >= 0.3 is 0 Å². The summed E-state index contributed by atoms with van der Waals surface area (Å²) < 4.78 is 9.29. The van der Waals surface area contributed by atoms with Crippen molar-refractivity contribution in [2.24, 2.45) is 4.52 Å². The third-order valence-corrected chi connectivity index (χ3v) is 3.43. The molecule has 1 N–H and O–H groups in total. The van der Waals surface area contributed by atoms with E-state index in [1.807, 2.05) is 12.1 Å². The number of nitrogens with zero attached hydrogens (tertiary/aromatic N) is 1. The molecule has 0 amide bonds. The molecule has 0 aliphatic rings. The Bertz CT molecular complexity index is 314. The first-order chi connectivity index (χ1) is 7.24. The van der Waals surface area contributed by atoms with Gasteiger partial charge in [0, 0.05) is 0 Å². The molecule has 0 radical (unpaired) electrons. The molecule has 6 heteroatoms. The third-order valence-electron chi connectivity index (χ3n) is 1.87. The van der Waals surface area contributed by atoms with Crippen molar-refractivity contribution in [2.75, 3.05) is 0 Å². The Morgan fingerprint density at radius 1 is 1.40 bits per heavy atom. The molecule has 15 heavy (non-hydrogen) atoms. The van der Waals surface area contributed by atoms with Crippen LogP contribution in [0, 0.1) is 0 Å². The molecule has 0 aliphatic carbocycles. The lowest BCUT2D eigenvalue weighted by molar-refractivity contribution is 0.628. The van der Waals surface area contributed by atoms with Gasteiger partial charge < -0.3 is 4.52 Å². The summed E-state index contributed by atoms with van der Waals surface area (Å²) >= 11 is 0. The fourth-order valence-corrected chi connectivity index (χ4v) is 2.40. The van der Waals surface area contributed by atoms with Crippen LogP contribution < -0.4 is 9.38 Å². The van der Waals surface area contributed by atoms with Crippen LogP contribution in [0.1, 0.15) is 25.3 Å². The van der Waals surface area contributed by atoms with Crippen molar-refractivity contribution < 1.29 is 4.52 Å². The predicted molar refractivity (Wildman–Crippen MR) is 71.7 cm³/mol. The van der Waals surface area contributed by atoms with E-state index in [1.165, 1.54) is 5.56 Å². The summed E-state index contributed by atoms with van der Waals surface area (Å²) in [5.74, 6) is 1.46. The highest BCUT2D eigenvalue weighted by atomic mass is 31.1. The molecule has 2 unspecified atom stereocenters. The van der Waals surface area contributed by atoms with Crippen molar-refractivity contribution in [3.05, 3.63) is 29.8 Å². The van der Waals surface area contributed by atoms with Gasteiger partial charge in [-0.15, -0.1) is 0 Å². The van der Waals surface area contributed by atoms with E-state index in [4.69, 9.17) is 4.52 Å². The molecule has 1 aromatic rings. The molecule has 1 rings (SSSR count). The lowest BCUT2D eigenvalue weighted by Crippen LogP contribution is -1.88. The number of hydrogen-bond acceptors (Lipinski definition) is 2. The van der Waals surface area contributed by atoms with Crippen molar-refractivity contribution >= 4 is 26.9 Å². The van der Waals surface area contributed by atoms with E-state index in [2.05, 4.69) is 44.7 Å². The summed E-state index contributed by atoms with van der Waals surface area (Å²) in [5, 5.41) is 0. The van der Waals surface area contributed by atoms with Gasteiger partial charge in [0.1, 0.15) is 14.3 Å². The Hall–Kier alpha value is -0.0600. The van der Waals surface area contributed by atoms with Gasteiger partial charge in [-0.05, 0) is 33.0 Å². The maximum Gasteiger partial charge on any atom is 0.155 e. The molecule has 3 nitrogen and oxygen atoms in total. The van der Waals surface area contributed by atoms with E-state index in [1.54, 1.807) is 0 Å². The molecule has 2 atom stereocenters. The van der Waals surface area contributed by atoms with Crippen LogP contribution in [0.3, 0.4) is 0 Å². The van der Waals surface area contributed by atoms with Crippen LogP contribution in [0.25, 0.3) is 0 Å². The van der Waals surface area contributed by atoms with Crippen LogP contribution in [0.5, 0.6) is 5.75 Å². The summed E-state index contributed by atoms with van der Waals surface area (Å²) in [6.07, 6.45) is 0. The van der Waals surface area contributed by atoms with Gasteiger partial charge in [-0.1, -0.05) is 26.0 Å². The Morgan fingerprint density at radius 2 is 2.07 bits per heavy atom. The molecule has 0 aliphatic heterocycles. The summed E-state index contributed by atoms with van der Waals surface area (Å²) in [7, 11) is 3.36. The minimum absolute atomic E-state index is 0.238. The molecular weight excluding hydrogens is 245 g/mol. The van der Waals surface area contributed by atoms with Crippen molar-refractivity contribution in [3.8, 4) is 5.75 Å². The molecule has 0 saturated carbocycles. The highest BCUT2D eigenvalue weighted by Crippen LogP contribution is 2.23. The molecule has 0 heterocycles. The standard InChI is InChI=1S/C9H15N2OP3/c1-7(2)8-3-5-9(6-4-8)12-15-11-14-10-13/h3-7,15H,13H2,1-2H3,(H,10,11). The van der Waals surface area contributed by atoms with Crippen LogP contribution in [0.2, 0.25) is 0 Å². The van der Waals surface area contributed by atoms with Crippen LogP contribution in [-0.4, -0.2) is 0 Å². The molecule has 0 saturated heterocycles. The Labute approximate surface area is 96.5 Å². The zero-order chi connectivity index (χ0) is 11.1. The van der Waals surface area contributed by atoms with E-state index >= 15 is 0 Å². The molecule has 0 aromatic heterocycles. The van der Waals surface area contributed by atoms with Gasteiger partial charge in [0.15, 0.2) is 8.96 Å². The predicted octanol–water partition coefficient (Wildman–Crippen LogP) is 4.12. The van der Waals surface area contributed by atoms with Gasteiger partial charge in [0.2, 0.25) is 0 Å². The van der Waals surface area contributed by atoms with Gasteiger partial charge in [-0.3, -0.25) is 0 Å². The Balaban J connectivity index is 2.42. The SMILES string of the molecule is CC(C)c1ccc(OPNP=NP)cc1. The van der Waals surface area contributed by atoms with Crippen LogP contribution >= 0.6 is 26.9 Å². The first-order valence-electron chi connectivity index (χ1n) is 4.60. The summed E-state index contributed by atoms with van der Waals surface area (Å²) in [5.41, 5.74) is 1.33. The molecular formula is C9H15N2OP3. The minimum atomic E-state index is 0.238. The van der Waals surface area contributed by atoms with Crippen molar-refractivity contribution in [1.82, 2.24) is 4.86 Å². The molecule has 0 fully saturated rings. The van der Waals surface area contributed by atoms with Crippen molar-refractivity contribution in [2.45, 2.75) is 19.8 Å². The fourth-order valence-electron chi connectivity index (χ4n) is 1.05. The van der Waals surface area contributed by atoms with Crippen molar-refractivity contribution in [3.63, 3.8) is 0 Å². The van der Waals surface area contributed by atoms with E-state index < -0.39 is 0 Å². The summed E-state index contributed by atoms with van der Waals surface area (Å²) in [6, 6.07) is 8.20. The molecule has 1 aromatic carbocycles. The van der Waals surface area contributed by atoms with E-state index in [0.29, 0.717) is 5.92 Å². The molecule has 0 spiro atoms. The zero-order valence-electron chi connectivity index (χ0n) is 8.77. The Morgan fingerprint density at radius 3 is 2.60 bits per heavy atom. The number of benzene rings is 1. The van der Waals surface area contributed by atoms with Crippen LogP contribution in [0.15, 0.2) is 28.8 Å². The molecule has 0 bridgehead atoms. The van der Waals surface area contributed by atoms with E-state index in [0.717, 1.165) is 14.3 Å². The maximum atomic E-state index is 5.48. The fraction of sp³-hybridized carbons (Fsp3) is 0.333. The van der Waals surface area contributed by atoms with Crippen LogP contribution in [-0.2, 0) is 0 Å². The average Bonchev–Trinajstić information content (AvgIpc) is 2.25. The maximum absolute atomic E-state index is 5.48. The summed E-state index contributed by atoms with van der Waals surface area (Å²) in [6.45, 7) is 4.36. The third kappa shape index (κ3) is 5.00. The smallest absolute Gasteiger partial charge is 0.155 e. The topological polar surface area (TPSA) is 33.6 Å². The highest BCUT2D eigenvalue weighted by Gasteiger charge is 1.98. The Kier molecular flexibility index (Phi) is 6.29.